The maximum absolute atomic E-state index is 10.9. The van der Waals surface area contributed by atoms with Gasteiger partial charge in [-0.05, 0) is 0 Å². The second-order valence-corrected chi connectivity index (χ2v) is 15.9. The predicted molar refractivity (Wildman–Crippen MR) is 76.0 cm³/mol. The molecular weight excluding hydrogens is 319 g/mol. The molecule has 0 amide bonds. The van der Waals surface area contributed by atoms with Gasteiger partial charge >= 0.3 is 114 Å². The van der Waals surface area contributed by atoms with E-state index in [1.807, 2.05) is 0 Å². The van der Waals surface area contributed by atoms with Crippen LogP contribution in [0.5, 0.6) is 0 Å². The monoisotopic (exact) mass is 350 g/mol. The molecule has 1 rings (SSSR count). The summed E-state index contributed by atoms with van der Waals surface area (Å²) < 4.78 is 1.99. The molecule has 0 radical (unpaired) electrons. The second kappa shape index (κ2) is 8.00. The van der Waals surface area contributed by atoms with Gasteiger partial charge in [-0.25, -0.2) is 0 Å². The zero-order chi connectivity index (χ0) is 12.7. The summed E-state index contributed by atoms with van der Waals surface area (Å²) in [6.45, 7) is 4.45. The fourth-order valence-corrected chi connectivity index (χ4v) is 15.8. The molecule has 1 saturated carbocycles. The van der Waals surface area contributed by atoms with Gasteiger partial charge < -0.3 is 0 Å². The van der Waals surface area contributed by atoms with Crippen molar-refractivity contribution in [3.05, 3.63) is 0 Å². The molecule has 0 heterocycles. The first-order chi connectivity index (χ1) is 8.15. The van der Waals surface area contributed by atoms with Crippen LogP contribution in [0.15, 0.2) is 0 Å². The third-order valence-electron chi connectivity index (χ3n) is 4.40. The third kappa shape index (κ3) is 4.39. The van der Waals surface area contributed by atoms with Crippen molar-refractivity contribution in [2.24, 2.45) is 0 Å². The zero-order valence-corrected chi connectivity index (χ0v) is 14.9. The second-order valence-electron chi connectivity index (χ2n) is 5.73. The Hall–Kier alpha value is 0.719. The van der Waals surface area contributed by atoms with E-state index in [1.165, 1.54) is 34.6 Å². The van der Waals surface area contributed by atoms with Gasteiger partial charge in [0.15, 0.2) is 0 Å². The summed E-state index contributed by atoms with van der Waals surface area (Å²) in [5, 5.41) is 21.1. The molecular formula is C14H30O2Sn. The summed E-state index contributed by atoms with van der Waals surface area (Å²) in [6.07, 6.45) is 8.54. The molecule has 1 fully saturated rings. The van der Waals surface area contributed by atoms with Crippen molar-refractivity contribution < 1.29 is 10.2 Å². The number of unbranched alkanes of at least 4 members (excludes halogenated alkanes) is 2. The first kappa shape index (κ1) is 15.8. The van der Waals surface area contributed by atoms with Gasteiger partial charge in [-0.3, -0.25) is 0 Å². The van der Waals surface area contributed by atoms with E-state index in [0.29, 0.717) is 0 Å². The predicted octanol–water partition coefficient (Wildman–Crippen LogP) is 3.02. The molecule has 0 aromatic heterocycles. The van der Waals surface area contributed by atoms with Gasteiger partial charge in [-0.1, -0.05) is 0 Å². The molecule has 0 aromatic carbocycles. The molecule has 17 heavy (non-hydrogen) atoms. The van der Waals surface area contributed by atoms with Crippen LogP contribution in [0.3, 0.4) is 0 Å². The molecule has 1 aliphatic rings. The molecule has 0 aromatic rings. The fourth-order valence-electron chi connectivity index (χ4n) is 3.18. The quantitative estimate of drug-likeness (QED) is 0.694. The van der Waals surface area contributed by atoms with Crippen molar-refractivity contribution >= 4 is 19.8 Å². The maximum atomic E-state index is 10.9. The average Bonchev–Trinajstić information content (AvgIpc) is 2.33. The van der Waals surface area contributed by atoms with Crippen LogP contribution < -0.4 is 0 Å². The number of hydrogen-bond donors (Lipinski definition) is 2. The van der Waals surface area contributed by atoms with E-state index in [2.05, 4.69) is 13.8 Å². The molecule has 3 heteroatoms. The van der Waals surface area contributed by atoms with Crippen molar-refractivity contribution in [3.8, 4) is 0 Å². The molecule has 102 valence electrons. The van der Waals surface area contributed by atoms with Crippen LogP contribution >= 0.6 is 0 Å². The van der Waals surface area contributed by atoms with Crippen LogP contribution in [0.2, 0.25) is 8.87 Å². The normalized spacial score (nSPS) is 29.8. The summed E-state index contributed by atoms with van der Waals surface area (Å²) in [4.78, 5) is 0. The van der Waals surface area contributed by atoms with Gasteiger partial charge in [0.25, 0.3) is 0 Å². The van der Waals surface area contributed by atoms with Gasteiger partial charge in [0, 0.05) is 0 Å². The molecule has 0 saturated heterocycles. The number of aliphatic hydroxyl groups is 2. The van der Waals surface area contributed by atoms with Gasteiger partial charge in [0.05, 0.1) is 0 Å². The Labute approximate surface area is 114 Å². The van der Waals surface area contributed by atoms with E-state index in [-0.39, 0.29) is 0 Å². The zero-order valence-electron chi connectivity index (χ0n) is 11.6. The molecule has 0 aliphatic heterocycles. The molecule has 2 nitrogen and oxygen atoms in total. The minimum atomic E-state index is -2.00. The minimum absolute atomic E-state index is 0.397. The van der Waals surface area contributed by atoms with E-state index < -0.39 is 29.5 Å². The average molecular weight is 349 g/mol. The van der Waals surface area contributed by atoms with E-state index in [0.717, 1.165) is 25.7 Å². The van der Waals surface area contributed by atoms with Crippen LogP contribution in [-0.2, 0) is 0 Å². The summed E-state index contributed by atoms with van der Waals surface area (Å²) in [6, 6.07) is 0. The fraction of sp³-hybridized carbons (Fsp3) is 1.00. The first-order valence-electron chi connectivity index (χ1n) is 7.55. The van der Waals surface area contributed by atoms with E-state index in [9.17, 15) is 10.2 Å². The standard InChI is InChI=1S/C6H11O2.2C4H9.Sn.H/c7-5-3-1-2-4-6(5)8;2*1-3-4-2;;/h5,7-8H,1-4H2;2*1,3-4H2,2H3;;. The summed E-state index contributed by atoms with van der Waals surface area (Å²) in [7, 11) is 0. The Balaban J connectivity index is 2.63. The summed E-state index contributed by atoms with van der Waals surface area (Å²) in [5.74, 6) is 0. The number of hydrogen-bond acceptors (Lipinski definition) is 2. The van der Waals surface area contributed by atoms with Crippen molar-refractivity contribution in [2.75, 3.05) is 0 Å². The summed E-state index contributed by atoms with van der Waals surface area (Å²) >= 11 is -2.00. The van der Waals surface area contributed by atoms with Crippen LogP contribution in [0.4, 0.5) is 0 Å². The van der Waals surface area contributed by atoms with E-state index in [1.54, 1.807) is 0 Å². The topological polar surface area (TPSA) is 40.5 Å². The van der Waals surface area contributed by atoms with Crippen molar-refractivity contribution in [1.82, 2.24) is 0 Å². The van der Waals surface area contributed by atoms with Gasteiger partial charge in [-0.15, -0.1) is 0 Å². The van der Waals surface area contributed by atoms with E-state index >= 15 is 0 Å². The molecule has 2 N–H and O–H groups in total. The first-order valence-corrected chi connectivity index (χ1v) is 13.9. The van der Waals surface area contributed by atoms with Crippen LogP contribution in [0.1, 0.15) is 65.2 Å². The van der Waals surface area contributed by atoms with Gasteiger partial charge in [0.2, 0.25) is 0 Å². The molecule has 0 bridgehead atoms. The Morgan fingerprint density at radius 3 is 2.18 bits per heavy atom. The van der Waals surface area contributed by atoms with Gasteiger partial charge in [-0.2, -0.15) is 0 Å². The molecule has 2 atom stereocenters. The number of rotatable bonds is 7. The Bertz CT molecular complexity index is 202. The van der Waals surface area contributed by atoms with Crippen molar-refractivity contribution in [1.29, 1.82) is 0 Å². The van der Waals surface area contributed by atoms with Crippen LogP contribution in [-0.4, -0.2) is 39.7 Å². The SMILES string of the molecule is CCC[CH2][SnH]([CH2]CCC)[C]1(O)CCCCC1O. The van der Waals surface area contributed by atoms with Gasteiger partial charge in [0.1, 0.15) is 0 Å². The molecule has 0 spiro atoms. The third-order valence-corrected chi connectivity index (χ3v) is 16.7. The Morgan fingerprint density at radius 1 is 1.12 bits per heavy atom. The van der Waals surface area contributed by atoms with E-state index in [4.69, 9.17) is 0 Å². The number of aliphatic hydroxyl groups excluding tert-OH is 1. The Kier molecular flexibility index (Phi) is 7.43. The molecule has 1 aliphatic carbocycles. The molecule has 2 unspecified atom stereocenters. The van der Waals surface area contributed by atoms with Crippen molar-refractivity contribution in [3.63, 3.8) is 0 Å². The van der Waals surface area contributed by atoms with Crippen molar-refractivity contribution in [2.45, 2.75) is 83.8 Å². The van der Waals surface area contributed by atoms with Crippen LogP contribution in [0.25, 0.3) is 0 Å². The Morgan fingerprint density at radius 2 is 1.71 bits per heavy atom. The van der Waals surface area contributed by atoms with Crippen LogP contribution in [0, 0.1) is 0 Å². The summed E-state index contributed by atoms with van der Waals surface area (Å²) in [5.41, 5.74) is 0.